The second-order valence-corrected chi connectivity index (χ2v) is 39.7. The summed E-state index contributed by atoms with van der Waals surface area (Å²) in [4.78, 5) is 0. The van der Waals surface area contributed by atoms with E-state index in [0.717, 1.165) is 88.0 Å². The van der Waals surface area contributed by atoms with E-state index in [1.165, 1.54) is 83.5 Å². The third-order valence-corrected chi connectivity index (χ3v) is 24.2. The van der Waals surface area contributed by atoms with Crippen molar-refractivity contribution in [3.63, 3.8) is 0 Å². The molecule has 0 nitrogen and oxygen atoms in total. The quantitative estimate of drug-likeness (QED) is 0.168. The third-order valence-electron chi connectivity index (χ3n) is 19.0. The van der Waals surface area contributed by atoms with Crippen molar-refractivity contribution in [1.29, 1.82) is 0 Å². The van der Waals surface area contributed by atoms with Gasteiger partial charge in [-0.15, -0.1) is 0 Å². The molecule has 6 aliphatic carbocycles. The van der Waals surface area contributed by atoms with E-state index in [1.807, 2.05) is 0 Å². The van der Waals surface area contributed by atoms with Gasteiger partial charge in [0.05, 0.1) is 8.07 Å². The summed E-state index contributed by atoms with van der Waals surface area (Å²) in [6.45, 7) is 37.7. The molecule has 6 rings (SSSR count). The summed E-state index contributed by atoms with van der Waals surface area (Å²) >= 11 is -2.48. The van der Waals surface area contributed by atoms with Crippen molar-refractivity contribution in [2.45, 2.75) is 231 Å². The van der Waals surface area contributed by atoms with Gasteiger partial charge in [-0.2, -0.15) is 0 Å². The van der Waals surface area contributed by atoms with Gasteiger partial charge in [0.2, 0.25) is 0 Å². The molecular weight excluding hydrogens is 1190 g/mol. The van der Waals surface area contributed by atoms with Gasteiger partial charge in [0, 0.05) is 0 Å². The standard InChI is InChI=1S/C18H34.C16H30.C15H30Si.CH4.6CH3.6ClH.3Zr/c1-6-14-8-9-16(11-14)18(4,5)17-10-13(3)15(7-2)12-17;2*1-11-6-7-14(8-11)16(4,5)15-9-12(2)13(3)10-15;;;;;;;;;;;;;;;;/h13-17H,6-12H2,1-5H3;2*11-15H,6-10H2,1-5H3;1H4;6*1H3;6*1H;;;/q;;;;6*-1;;;;;;;3*+4/p-6. The number of hydrogen-bond donors (Lipinski definition) is 0. The Morgan fingerprint density at radius 3 is 1.09 bits per heavy atom. The van der Waals surface area contributed by atoms with Gasteiger partial charge < -0.3 is 44.6 Å². The maximum atomic E-state index is 4.93. The zero-order valence-corrected chi connectivity index (χ0v) is 59.9. The van der Waals surface area contributed by atoms with Crippen molar-refractivity contribution >= 4 is 59.2 Å². The van der Waals surface area contributed by atoms with E-state index in [2.05, 4.69) is 103 Å². The zero-order valence-electron chi connectivity index (χ0n) is 46.9. The van der Waals surface area contributed by atoms with Gasteiger partial charge in [-0.05, 0) is 163 Å². The Kier molecular flexibility index (Phi) is 54.7. The van der Waals surface area contributed by atoms with Gasteiger partial charge >= 0.3 is 114 Å². The number of hydrogen-bond acceptors (Lipinski definition) is 0. The van der Waals surface area contributed by atoms with Crippen LogP contribution >= 0.6 is 51.1 Å². The molecule has 0 amide bonds. The average molecular weight is 1300 g/mol. The molecule has 0 aromatic rings. The van der Waals surface area contributed by atoms with Crippen LogP contribution in [0.25, 0.3) is 0 Å². The molecule has 0 saturated heterocycles. The van der Waals surface area contributed by atoms with Crippen LogP contribution in [0.2, 0.25) is 24.2 Å². The maximum absolute atomic E-state index is 4.93. The second kappa shape index (κ2) is 42.7. The second-order valence-electron chi connectivity index (χ2n) is 23.3. The predicted octanol–water partition coefficient (Wildman–Crippen LogP) is 23.8. The third kappa shape index (κ3) is 27.1. The van der Waals surface area contributed by atoms with Crippen LogP contribution in [0.5, 0.6) is 0 Å². The molecule has 0 bridgehead atoms. The molecule has 0 aromatic carbocycles. The van der Waals surface area contributed by atoms with E-state index < -0.39 is 70.6 Å². The molecule has 0 aliphatic heterocycles. The molecule has 0 radical (unpaired) electrons. The fourth-order valence-electron chi connectivity index (χ4n) is 13.5. The fourth-order valence-corrected chi connectivity index (χ4v) is 18.1. The first-order valence-corrected chi connectivity index (χ1v) is 46.6. The molecule has 13 atom stereocenters. The van der Waals surface area contributed by atoms with E-state index in [-0.39, 0.29) is 52.0 Å². The van der Waals surface area contributed by atoms with E-state index in [0.29, 0.717) is 10.8 Å². The normalized spacial score (nSPS) is 33.7. The van der Waals surface area contributed by atoms with Crippen LogP contribution in [-0.4, -0.2) is 8.07 Å². The van der Waals surface area contributed by atoms with Crippen LogP contribution < -0.4 is 0 Å². The number of rotatable bonds is 8. The first-order chi connectivity index (χ1) is 27.5. The molecule has 13 unspecified atom stereocenters. The Labute approximate surface area is 478 Å². The first kappa shape index (κ1) is 84.6. The Morgan fingerprint density at radius 1 is 0.409 bits per heavy atom. The topological polar surface area (TPSA) is 0 Å². The van der Waals surface area contributed by atoms with Crippen molar-refractivity contribution in [2.24, 2.45) is 87.8 Å². The molecule has 0 heterocycles. The van der Waals surface area contributed by atoms with Crippen LogP contribution in [-0.2, 0) is 62.5 Å². The average Bonchev–Trinajstić information content (AvgIpc) is 4.03. The number of halogens is 6. The van der Waals surface area contributed by atoms with Gasteiger partial charge in [0.15, 0.2) is 0 Å². The Morgan fingerprint density at radius 2 is 0.758 bits per heavy atom. The van der Waals surface area contributed by atoms with E-state index in [1.54, 1.807) is 25.7 Å². The minimum atomic E-state index is -0.963. The predicted molar refractivity (Wildman–Crippen MR) is 308 cm³/mol. The van der Waals surface area contributed by atoms with Crippen LogP contribution in [0.4, 0.5) is 0 Å². The summed E-state index contributed by atoms with van der Waals surface area (Å²) in [6, 6.07) is 0. The Hall–Kier alpha value is 4.61. The van der Waals surface area contributed by atoms with Gasteiger partial charge in [0.1, 0.15) is 0 Å². The van der Waals surface area contributed by atoms with Gasteiger partial charge in [-0.25, -0.2) is 0 Å². The summed E-state index contributed by atoms with van der Waals surface area (Å²) in [5, 5.41) is 0. The van der Waals surface area contributed by atoms with Crippen LogP contribution in [0, 0.1) is 132 Å². The van der Waals surface area contributed by atoms with Gasteiger partial charge in [-0.3, -0.25) is 0 Å². The molecule has 10 heteroatoms. The molecule has 0 spiro atoms. The molecule has 0 aromatic heterocycles. The van der Waals surface area contributed by atoms with Crippen LogP contribution in [0.1, 0.15) is 207 Å². The fraction of sp³-hybridized carbons (Fsp3) is 0.893. The van der Waals surface area contributed by atoms with Crippen molar-refractivity contribution in [2.75, 3.05) is 0 Å². The van der Waals surface area contributed by atoms with Crippen LogP contribution in [0.15, 0.2) is 0 Å². The van der Waals surface area contributed by atoms with Crippen molar-refractivity contribution in [3.8, 4) is 0 Å². The summed E-state index contributed by atoms with van der Waals surface area (Å²) in [5.41, 5.74) is 3.48. The van der Waals surface area contributed by atoms with E-state index >= 15 is 0 Å². The first-order valence-electron chi connectivity index (χ1n) is 24.4. The van der Waals surface area contributed by atoms with Gasteiger partial charge in [0.25, 0.3) is 0 Å². The van der Waals surface area contributed by atoms with Crippen molar-refractivity contribution < 1.29 is 62.5 Å². The zero-order chi connectivity index (χ0) is 45.3. The minimum absolute atomic E-state index is 0. The summed E-state index contributed by atoms with van der Waals surface area (Å²) < 4.78 is 0. The van der Waals surface area contributed by atoms with Crippen molar-refractivity contribution in [3.05, 3.63) is 44.6 Å². The molecule has 6 fully saturated rings. The van der Waals surface area contributed by atoms with Crippen LogP contribution in [0.3, 0.4) is 0 Å². The molecule has 6 aliphatic rings. The Balaban J connectivity index is -0.000000138. The molecule has 66 heavy (non-hydrogen) atoms. The summed E-state index contributed by atoms with van der Waals surface area (Å²) in [7, 11) is 28.6. The SMILES string of the molecule is C.CC1CCC(C(C)(C)C2CC(C)C(C)C2)C1.CC1CCC([Si](C)(C)C2CC(C)C(C)C2)C1.CCC1CCC(C(C)(C)C2CC(C)C(CC)C2)C1.[CH3-].[CH3-].[CH3-].[CH3-].[CH3-].[CH3-].[Cl][Zr+2][Cl].[Cl][Zr+2][Cl].[Cl][Zr+2][Cl]. The summed E-state index contributed by atoms with van der Waals surface area (Å²) in [5.74, 6) is 13.0. The summed E-state index contributed by atoms with van der Waals surface area (Å²) in [6.07, 6.45) is 25.5. The van der Waals surface area contributed by atoms with Crippen molar-refractivity contribution in [1.82, 2.24) is 0 Å². The molecule has 6 saturated carbocycles. The Bertz CT molecular complexity index is 1020. The molecule has 398 valence electrons. The van der Waals surface area contributed by atoms with E-state index in [4.69, 9.17) is 51.1 Å². The molecular formula is C56H116Cl6SiZr3. The monoisotopic (exact) mass is 1300 g/mol. The van der Waals surface area contributed by atoms with Gasteiger partial charge in [-0.1, -0.05) is 155 Å². The van der Waals surface area contributed by atoms with E-state index in [9.17, 15) is 0 Å². The molecule has 0 N–H and O–H groups in total.